The summed E-state index contributed by atoms with van der Waals surface area (Å²) in [6, 6.07) is 11.7. The van der Waals surface area contributed by atoms with Crippen LogP contribution in [0.5, 0.6) is 0 Å². The van der Waals surface area contributed by atoms with E-state index in [1.54, 1.807) is 6.26 Å². The minimum atomic E-state index is 0.758. The lowest BCUT2D eigenvalue weighted by atomic mass is 10.2. The minimum Gasteiger partial charge on any atom is -0.463 e. The number of pyridine rings is 2. The van der Waals surface area contributed by atoms with E-state index < -0.39 is 0 Å². The van der Waals surface area contributed by atoms with Gasteiger partial charge in [0.1, 0.15) is 5.69 Å². The highest BCUT2D eigenvalue weighted by Gasteiger charge is 2.04. The normalized spacial score (nSPS) is 10.8. The summed E-state index contributed by atoms with van der Waals surface area (Å²) in [5.74, 6) is 0.769. The fourth-order valence-corrected chi connectivity index (χ4v) is 1.66. The molecule has 0 amide bonds. The molecule has 0 radical (unpaired) electrons. The minimum absolute atomic E-state index is 0.758. The van der Waals surface area contributed by atoms with Crippen LogP contribution < -0.4 is 0 Å². The molecule has 16 heavy (non-hydrogen) atoms. The Morgan fingerprint density at radius 2 is 1.88 bits per heavy atom. The van der Waals surface area contributed by atoms with Crippen LogP contribution in [-0.4, -0.2) is 9.97 Å². The molecule has 78 valence electrons. The summed E-state index contributed by atoms with van der Waals surface area (Å²) in [5, 5.41) is 1.04. The summed E-state index contributed by atoms with van der Waals surface area (Å²) < 4.78 is 5.31. The zero-order valence-corrected chi connectivity index (χ0v) is 8.84. The van der Waals surface area contributed by atoms with Gasteiger partial charge < -0.3 is 4.42 Å². The van der Waals surface area contributed by atoms with Crippen molar-refractivity contribution in [2.45, 2.75) is 6.92 Å². The highest BCUT2D eigenvalue weighted by atomic mass is 16.3. The molecule has 3 nitrogen and oxygen atoms in total. The number of aromatic nitrogens is 2. The molecule has 0 aliphatic rings. The molecule has 0 unspecified atom stereocenters. The van der Waals surface area contributed by atoms with E-state index >= 15 is 0 Å². The quantitative estimate of drug-likeness (QED) is 0.619. The van der Waals surface area contributed by atoms with Crippen molar-refractivity contribution < 1.29 is 4.42 Å². The van der Waals surface area contributed by atoms with Crippen molar-refractivity contribution in [3.8, 4) is 11.5 Å². The lowest BCUT2D eigenvalue weighted by molar-refractivity contribution is 0.580. The van der Waals surface area contributed by atoms with Gasteiger partial charge in [0.15, 0.2) is 11.4 Å². The van der Waals surface area contributed by atoms with Crippen LogP contribution in [0.25, 0.3) is 22.5 Å². The zero-order chi connectivity index (χ0) is 11.0. The second-order valence-corrected chi connectivity index (χ2v) is 3.67. The van der Waals surface area contributed by atoms with E-state index in [1.165, 1.54) is 0 Å². The Morgan fingerprint density at radius 3 is 2.69 bits per heavy atom. The number of furan rings is 1. The van der Waals surface area contributed by atoms with Crippen LogP contribution in [0.2, 0.25) is 0 Å². The first-order chi connectivity index (χ1) is 7.83. The fourth-order valence-electron chi connectivity index (χ4n) is 1.66. The Labute approximate surface area is 92.8 Å². The van der Waals surface area contributed by atoms with Crippen molar-refractivity contribution in [2.75, 3.05) is 0 Å². The highest BCUT2D eigenvalue weighted by Crippen LogP contribution is 2.20. The lowest BCUT2D eigenvalue weighted by Gasteiger charge is -2.00. The van der Waals surface area contributed by atoms with Crippen LogP contribution in [0.4, 0.5) is 0 Å². The van der Waals surface area contributed by atoms with E-state index in [-0.39, 0.29) is 0 Å². The van der Waals surface area contributed by atoms with Gasteiger partial charge in [-0.3, -0.25) is 0 Å². The predicted molar refractivity (Wildman–Crippen MR) is 62.0 cm³/mol. The van der Waals surface area contributed by atoms with Crippen LogP contribution in [-0.2, 0) is 0 Å². The third-order valence-corrected chi connectivity index (χ3v) is 2.47. The maximum Gasteiger partial charge on any atom is 0.160 e. The number of nitrogens with zero attached hydrogens (tertiary/aromatic N) is 2. The molecule has 0 aromatic carbocycles. The molecule has 0 fully saturated rings. The van der Waals surface area contributed by atoms with Gasteiger partial charge in [-0.1, -0.05) is 0 Å². The zero-order valence-electron chi connectivity index (χ0n) is 8.84. The van der Waals surface area contributed by atoms with Gasteiger partial charge in [-0.05, 0) is 43.3 Å². The Hall–Kier alpha value is -2.16. The molecule has 0 bridgehead atoms. The van der Waals surface area contributed by atoms with Crippen LogP contribution in [0.3, 0.4) is 0 Å². The number of aryl methyl sites for hydroxylation is 1. The Kier molecular flexibility index (Phi) is 1.96. The molecule has 3 aromatic rings. The highest BCUT2D eigenvalue weighted by molar-refractivity contribution is 5.77. The summed E-state index contributed by atoms with van der Waals surface area (Å²) in [6.07, 6.45) is 1.64. The second kappa shape index (κ2) is 3.45. The molecule has 0 spiro atoms. The number of hydrogen-bond acceptors (Lipinski definition) is 3. The number of hydrogen-bond donors (Lipinski definition) is 0. The maximum absolute atomic E-state index is 5.31. The Morgan fingerprint density at radius 1 is 1.00 bits per heavy atom. The molecular formula is C13H10N2O. The van der Waals surface area contributed by atoms with Gasteiger partial charge in [0.2, 0.25) is 0 Å². The van der Waals surface area contributed by atoms with Gasteiger partial charge in [0.25, 0.3) is 0 Å². The lowest BCUT2D eigenvalue weighted by Crippen LogP contribution is -1.88. The summed E-state index contributed by atoms with van der Waals surface area (Å²) in [7, 11) is 0. The number of fused-ring (bicyclic) bond motifs is 1. The first kappa shape index (κ1) is 9.09. The average molecular weight is 210 g/mol. The van der Waals surface area contributed by atoms with Gasteiger partial charge in [-0.25, -0.2) is 9.97 Å². The summed E-state index contributed by atoms with van der Waals surface area (Å²) in [6.45, 7) is 1.96. The maximum atomic E-state index is 5.31. The monoisotopic (exact) mass is 210 g/mol. The molecule has 0 N–H and O–H groups in total. The molecule has 0 saturated carbocycles. The van der Waals surface area contributed by atoms with Gasteiger partial charge in [-0.15, -0.1) is 0 Å². The SMILES string of the molecule is Cc1ccc2ccc(-c3ccco3)nc2n1. The van der Waals surface area contributed by atoms with Crippen LogP contribution >= 0.6 is 0 Å². The van der Waals surface area contributed by atoms with E-state index in [9.17, 15) is 0 Å². The molecule has 0 saturated heterocycles. The topological polar surface area (TPSA) is 38.9 Å². The summed E-state index contributed by atoms with van der Waals surface area (Å²) >= 11 is 0. The standard InChI is InChI=1S/C13H10N2O/c1-9-4-5-10-6-7-11(15-13(10)14-9)12-3-2-8-16-12/h2-8H,1H3. The van der Waals surface area contributed by atoms with Crippen LogP contribution in [0.15, 0.2) is 47.1 Å². The van der Waals surface area contributed by atoms with Gasteiger partial charge in [-0.2, -0.15) is 0 Å². The third kappa shape index (κ3) is 1.46. The van der Waals surface area contributed by atoms with E-state index in [2.05, 4.69) is 9.97 Å². The van der Waals surface area contributed by atoms with Crippen molar-refractivity contribution in [3.63, 3.8) is 0 Å². The van der Waals surface area contributed by atoms with E-state index in [0.29, 0.717) is 0 Å². The molecule has 3 heterocycles. The molecular weight excluding hydrogens is 200 g/mol. The fraction of sp³-hybridized carbons (Fsp3) is 0.0769. The predicted octanol–water partition coefficient (Wildman–Crippen LogP) is 3.20. The van der Waals surface area contributed by atoms with Crippen molar-refractivity contribution in [1.82, 2.24) is 9.97 Å². The van der Waals surface area contributed by atoms with E-state index in [4.69, 9.17) is 4.42 Å². The van der Waals surface area contributed by atoms with Gasteiger partial charge in [0, 0.05) is 11.1 Å². The second-order valence-electron chi connectivity index (χ2n) is 3.67. The number of rotatable bonds is 1. The Bertz CT molecular complexity index is 629. The largest absolute Gasteiger partial charge is 0.463 e. The summed E-state index contributed by atoms with van der Waals surface area (Å²) in [4.78, 5) is 8.87. The smallest absolute Gasteiger partial charge is 0.160 e. The molecule has 3 rings (SSSR count). The molecule has 3 heteroatoms. The van der Waals surface area contributed by atoms with Crippen molar-refractivity contribution >= 4 is 11.0 Å². The molecule has 3 aromatic heterocycles. The Balaban J connectivity index is 2.22. The van der Waals surface area contributed by atoms with Gasteiger partial charge >= 0.3 is 0 Å². The van der Waals surface area contributed by atoms with Crippen LogP contribution in [0, 0.1) is 6.92 Å². The molecule has 0 aliphatic carbocycles. The first-order valence-corrected chi connectivity index (χ1v) is 5.11. The molecule has 0 aliphatic heterocycles. The van der Waals surface area contributed by atoms with E-state index in [1.807, 2.05) is 43.3 Å². The van der Waals surface area contributed by atoms with E-state index in [0.717, 1.165) is 28.2 Å². The van der Waals surface area contributed by atoms with Crippen molar-refractivity contribution in [3.05, 3.63) is 48.4 Å². The molecule has 0 atom stereocenters. The van der Waals surface area contributed by atoms with Crippen molar-refractivity contribution in [2.24, 2.45) is 0 Å². The van der Waals surface area contributed by atoms with Crippen molar-refractivity contribution in [1.29, 1.82) is 0 Å². The first-order valence-electron chi connectivity index (χ1n) is 5.11. The van der Waals surface area contributed by atoms with Gasteiger partial charge in [0.05, 0.1) is 6.26 Å². The summed E-state index contributed by atoms with van der Waals surface area (Å²) in [5.41, 5.74) is 2.54. The van der Waals surface area contributed by atoms with Crippen LogP contribution in [0.1, 0.15) is 5.69 Å². The third-order valence-electron chi connectivity index (χ3n) is 2.47. The average Bonchev–Trinajstić information content (AvgIpc) is 2.81.